The average molecular weight is 388 g/mol. The lowest BCUT2D eigenvalue weighted by molar-refractivity contribution is 0.192. The number of aromatic nitrogens is 5. The lowest BCUT2D eigenvalue weighted by Gasteiger charge is -2.45. The largest absolute Gasteiger partial charge is 0.507 e. The average Bonchev–Trinajstić information content (AvgIpc) is 3.23. The molecule has 2 aliphatic rings. The van der Waals surface area contributed by atoms with Crippen molar-refractivity contribution < 1.29 is 5.11 Å². The number of phenolic OH excluding ortho intramolecular Hbond substituents is 1. The van der Waals surface area contributed by atoms with Crippen LogP contribution in [0.15, 0.2) is 48.7 Å². The number of piperidine rings is 2. The summed E-state index contributed by atoms with van der Waals surface area (Å²) in [6, 6.07) is 5.93. The standard InChI is InChI=1S/C22H24N6O/c1-22-6-2-3-16(25-22)9-15(12-22)10-17-13-24-21(27-26-17)19-5-4-18(11-20(19)29)28-8-7-23-14-28/h4-5,7-8,10-11,13-14,16,25,29H,2-3,6,9,12H2,1H3/b15-10+/t16?,22-/m0/s1. The molecule has 2 saturated heterocycles. The summed E-state index contributed by atoms with van der Waals surface area (Å²) in [5.41, 5.74) is 3.76. The summed E-state index contributed by atoms with van der Waals surface area (Å²) >= 11 is 0. The lowest BCUT2D eigenvalue weighted by atomic mass is 9.75. The van der Waals surface area contributed by atoms with Crippen LogP contribution in [0.5, 0.6) is 5.75 Å². The van der Waals surface area contributed by atoms with Crippen LogP contribution in [0.3, 0.4) is 0 Å². The molecule has 2 atom stereocenters. The predicted octanol–water partition coefficient (Wildman–Crippen LogP) is 3.51. The van der Waals surface area contributed by atoms with E-state index in [1.54, 1.807) is 30.9 Å². The van der Waals surface area contributed by atoms with Crippen LogP contribution in [0.25, 0.3) is 23.2 Å². The topological polar surface area (TPSA) is 88.8 Å². The molecule has 148 valence electrons. The number of imidazole rings is 1. The molecule has 0 aliphatic carbocycles. The lowest BCUT2D eigenvalue weighted by Crippen LogP contribution is -2.55. The molecule has 2 N–H and O–H groups in total. The minimum atomic E-state index is 0.114. The molecule has 0 spiro atoms. The molecule has 5 rings (SSSR count). The Balaban J connectivity index is 1.37. The Morgan fingerprint density at radius 3 is 2.97 bits per heavy atom. The fourth-order valence-corrected chi connectivity index (χ4v) is 4.63. The summed E-state index contributed by atoms with van der Waals surface area (Å²) < 4.78 is 1.83. The van der Waals surface area contributed by atoms with Crippen LogP contribution in [-0.4, -0.2) is 41.4 Å². The summed E-state index contributed by atoms with van der Waals surface area (Å²) in [6.45, 7) is 2.31. The predicted molar refractivity (Wildman–Crippen MR) is 110 cm³/mol. The van der Waals surface area contributed by atoms with E-state index in [4.69, 9.17) is 0 Å². The van der Waals surface area contributed by atoms with Gasteiger partial charge in [-0.25, -0.2) is 9.97 Å². The Morgan fingerprint density at radius 1 is 1.31 bits per heavy atom. The van der Waals surface area contributed by atoms with E-state index in [0.29, 0.717) is 17.4 Å². The summed E-state index contributed by atoms with van der Waals surface area (Å²) in [5, 5.41) is 22.8. The molecule has 29 heavy (non-hydrogen) atoms. The summed E-state index contributed by atoms with van der Waals surface area (Å²) in [6.07, 6.45) is 14.9. The van der Waals surface area contributed by atoms with Gasteiger partial charge in [-0.2, -0.15) is 0 Å². The van der Waals surface area contributed by atoms with Gasteiger partial charge >= 0.3 is 0 Å². The van der Waals surface area contributed by atoms with Gasteiger partial charge in [0.05, 0.1) is 23.8 Å². The molecule has 0 radical (unpaired) electrons. The Bertz CT molecular complexity index is 1040. The second-order valence-corrected chi connectivity index (χ2v) is 8.36. The number of hydrogen-bond acceptors (Lipinski definition) is 6. The van der Waals surface area contributed by atoms with Crippen molar-refractivity contribution in [3.63, 3.8) is 0 Å². The highest BCUT2D eigenvalue weighted by atomic mass is 16.3. The molecule has 7 heteroatoms. The third-order valence-corrected chi connectivity index (χ3v) is 5.92. The van der Waals surface area contributed by atoms with Crippen LogP contribution >= 0.6 is 0 Å². The summed E-state index contributed by atoms with van der Waals surface area (Å²) in [4.78, 5) is 8.47. The zero-order valence-corrected chi connectivity index (χ0v) is 16.4. The first-order valence-corrected chi connectivity index (χ1v) is 10.1. The van der Waals surface area contributed by atoms with Gasteiger partial charge in [-0.1, -0.05) is 12.0 Å². The van der Waals surface area contributed by atoms with E-state index in [1.807, 2.05) is 16.8 Å². The quantitative estimate of drug-likeness (QED) is 0.714. The molecule has 2 bridgehead atoms. The molecule has 3 aromatic rings. The molecule has 1 aromatic carbocycles. The minimum Gasteiger partial charge on any atom is -0.507 e. The molecule has 0 amide bonds. The molecule has 7 nitrogen and oxygen atoms in total. The molecular formula is C22H24N6O. The van der Waals surface area contributed by atoms with Gasteiger partial charge in [-0.15, -0.1) is 10.2 Å². The SMILES string of the molecule is C[C@]12CCCC(C/C(=C\c3cnc(-c4ccc(-n5ccnc5)cc4O)nn3)C1)N2. The zero-order valence-electron chi connectivity index (χ0n) is 16.4. The highest BCUT2D eigenvalue weighted by Crippen LogP contribution is 2.37. The van der Waals surface area contributed by atoms with Crippen molar-refractivity contribution >= 4 is 6.08 Å². The first-order valence-electron chi connectivity index (χ1n) is 10.1. The molecule has 0 saturated carbocycles. The Hall–Kier alpha value is -3.06. The first kappa shape index (κ1) is 18.0. The fourth-order valence-electron chi connectivity index (χ4n) is 4.63. The maximum Gasteiger partial charge on any atom is 0.185 e. The third-order valence-electron chi connectivity index (χ3n) is 5.92. The van der Waals surface area contributed by atoms with Crippen molar-refractivity contribution in [2.45, 2.75) is 50.6 Å². The maximum absolute atomic E-state index is 10.4. The molecule has 4 heterocycles. The molecular weight excluding hydrogens is 364 g/mol. The summed E-state index contributed by atoms with van der Waals surface area (Å²) in [7, 11) is 0. The van der Waals surface area contributed by atoms with Gasteiger partial charge in [0, 0.05) is 30.0 Å². The van der Waals surface area contributed by atoms with Crippen molar-refractivity contribution in [2.24, 2.45) is 0 Å². The van der Waals surface area contributed by atoms with Crippen LogP contribution in [0.1, 0.15) is 44.7 Å². The van der Waals surface area contributed by atoms with Crippen LogP contribution in [0, 0.1) is 0 Å². The van der Waals surface area contributed by atoms with Crippen molar-refractivity contribution in [1.29, 1.82) is 0 Å². The van der Waals surface area contributed by atoms with E-state index in [-0.39, 0.29) is 11.3 Å². The smallest absolute Gasteiger partial charge is 0.185 e. The van der Waals surface area contributed by atoms with E-state index >= 15 is 0 Å². The van der Waals surface area contributed by atoms with Crippen molar-refractivity contribution in [3.8, 4) is 22.8 Å². The van der Waals surface area contributed by atoms with E-state index in [1.165, 1.54) is 24.8 Å². The van der Waals surface area contributed by atoms with Gasteiger partial charge in [-0.3, -0.25) is 0 Å². The van der Waals surface area contributed by atoms with Gasteiger partial charge < -0.3 is 15.0 Å². The third kappa shape index (κ3) is 3.65. The van der Waals surface area contributed by atoms with Crippen LogP contribution in [-0.2, 0) is 0 Å². The van der Waals surface area contributed by atoms with Gasteiger partial charge in [0.15, 0.2) is 5.82 Å². The van der Waals surface area contributed by atoms with Crippen molar-refractivity contribution in [1.82, 2.24) is 30.0 Å². The number of nitrogens with zero attached hydrogens (tertiary/aromatic N) is 5. The van der Waals surface area contributed by atoms with Crippen molar-refractivity contribution in [3.05, 3.63) is 54.4 Å². The molecule has 1 unspecified atom stereocenters. The Labute approximate surface area is 169 Å². The normalized spacial score (nSPS) is 25.3. The number of fused-ring (bicyclic) bond motifs is 2. The monoisotopic (exact) mass is 388 g/mol. The number of rotatable bonds is 3. The van der Waals surface area contributed by atoms with E-state index in [0.717, 1.165) is 24.2 Å². The Morgan fingerprint density at radius 2 is 2.24 bits per heavy atom. The number of benzene rings is 1. The molecule has 2 aliphatic heterocycles. The van der Waals surface area contributed by atoms with Crippen LogP contribution in [0.4, 0.5) is 0 Å². The first-order chi connectivity index (χ1) is 14.1. The second-order valence-electron chi connectivity index (χ2n) is 8.36. The number of nitrogens with one attached hydrogen (secondary N) is 1. The van der Waals surface area contributed by atoms with Gasteiger partial charge in [0.2, 0.25) is 0 Å². The maximum atomic E-state index is 10.4. The number of hydrogen-bond donors (Lipinski definition) is 2. The molecule has 2 aromatic heterocycles. The minimum absolute atomic E-state index is 0.114. The fraction of sp³-hybridized carbons (Fsp3) is 0.364. The van der Waals surface area contributed by atoms with E-state index in [9.17, 15) is 5.11 Å². The number of phenols is 1. The second kappa shape index (κ2) is 7.08. The number of aromatic hydroxyl groups is 1. The van der Waals surface area contributed by atoms with Gasteiger partial charge in [0.25, 0.3) is 0 Å². The summed E-state index contributed by atoms with van der Waals surface area (Å²) in [5.74, 6) is 0.527. The van der Waals surface area contributed by atoms with Crippen molar-refractivity contribution in [2.75, 3.05) is 0 Å². The van der Waals surface area contributed by atoms with E-state index < -0.39 is 0 Å². The van der Waals surface area contributed by atoms with Gasteiger partial charge in [0.1, 0.15) is 11.4 Å². The Kier molecular flexibility index (Phi) is 4.39. The zero-order chi connectivity index (χ0) is 19.8. The molecule has 2 fully saturated rings. The van der Waals surface area contributed by atoms with E-state index in [2.05, 4.69) is 38.5 Å². The highest BCUT2D eigenvalue weighted by Gasteiger charge is 2.36. The van der Waals surface area contributed by atoms with Gasteiger partial charge in [-0.05, 0) is 50.8 Å². The highest BCUT2D eigenvalue weighted by molar-refractivity contribution is 5.66. The van der Waals surface area contributed by atoms with Crippen LogP contribution in [0.2, 0.25) is 0 Å². The van der Waals surface area contributed by atoms with Crippen LogP contribution < -0.4 is 5.32 Å².